The zero-order valence-corrected chi connectivity index (χ0v) is 10.2. The van der Waals surface area contributed by atoms with E-state index in [2.05, 4.69) is 17.2 Å². The highest BCUT2D eigenvalue weighted by molar-refractivity contribution is 7.78. The van der Waals surface area contributed by atoms with Crippen molar-refractivity contribution in [3.63, 3.8) is 0 Å². The zero-order chi connectivity index (χ0) is 11.4. The highest BCUT2D eigenvalue weighted by Crippen LogP contribution is 2.01. The summed E-state index contributed by atoms with van der Waals surface area (Å²) in [5.74, 6) is 0. The van der Waals surface area contributed by atoms with Crippen LogP contribution < -0.4 is 10.6 Å². The third-order valence-electron chi connectivity index (χ3n) is 1.35. The van der Waals surface area contributed by atoms with Crippen LogP contribution in [0.1, 0.15) is 20.8 Å². The van der Waals surface area contributed by atoms with E-state index in [9.17, 15) is 0 Å². The van der Waals surface area contributed by atoms with Gasteiger partial charge in [-0.3, -0.25) is 0 Å². The van der Waals surface area contributed by atoms with Gasteiger partial charge in [-0.1, -0.05) is 44.8 Å². The second kappa shape index (κ2) is 11.9. The van der Waals surface area contributed by atoms with Gasteiger partial charge < -0.3 is 10.6 Å². The molecule has 0 radical (unpaired) electrons. The molecule has 0 fully saturated rings. The first-order valence-corrected chi connectivity index (χ1v) is 5.14. The van der Waals surface area contributed by atoms with E-state index in [1.807, 2.05) is 40.0 Å². The largest absolute Gasteiger partial charge is 0.387 e. The summed E-state index contributed by atoms with van der Waals surface area (Å²) in [5.41, 5.74) is 3.39. The van der Waals surface area contributed by atoms with Gasteiger partial charge in [0.1, 0.15) is 0 Å². The Morgan fingerprint density at radius 2 is 1.86 bits per heavy atom. The predicted molar refractivity (Wildman–Crippen MR) is 69.2 cm³/mol. The molecule has 0 amide bonds. The molecular formula is C11H20N2S. The summed E-state index contributed by atoms with van der Waals surface area (Å²) in [4.78, 5) is 0. The van der Waals surface area contributed by atoms with E-state index in [-0.39, 0.29) is 0 Å². The summed E-state index contributed by atoms with van der Waals surface area (Å²) in [7, 11) is 1.86. The Hall–Kier alpha value is -1.09. The van der Waals surface area contributed by atoms with Gasteiger partial charge in [-0.2, -0.15) is 0 Å². The van der Waals surface area contributed by atoms with Crippen LogP contribution in [-0.4, -0.2) is 12.5 Å². The lowest BCUT2D eigenvalue weighted by molar-refractivity contribution is 0.958. The monoisotopic (exact) mass is 212 g/mol. The van der Waals surface area contributed by atoms with E-state index < -0.39 is 0 Å². The van der Waals surface area contributed by atoms with Crippen LogP contribution in [0.5, 0.6) is 0 Å². The van der Waals surface area contributed by atoms with Gasteiger partial charge in [-0.05, 0) is 13.0 Å². The molecule has 14 heavy (non-hydrogen) atoms. The number of hydrogen-bond donors (Lipinski definition) is 2. The second-order valence-corrected chi connectivity index (χ2v) is 2.27. The van der Waals surface area contributed by atoms with Crippen LogP contribution in [-0.2, 0) is 0 Å². The van der Waals surface area contributed by atoms with Crippen molar-refractivity contribution in [2.45, 2.75) is 20.8 Å². The standard InChI is InChI=1S/C9H14N2S.C2H6/c1-4-6-9(11-7-12)8(5-2)10-3;1-2/h4-7,10H,1H2,2-3H3,(H,11,12);1-2H3/b8-5+,9-6+;. The highest BCUT2D eigenvalue weighted by Gasteiger charge is 1.97. The van der Waals surface area contributed by atoms with Crippen molar-refractivity contribution in [2.75, 3.05) is 7.05 Å². The molecule has 0 rings (SSSR count). The first-order valence-electron chi connectivity index (χ1n) is 4.67. The van der Waals surface area contributed by atoms with Crippen LogP contribution in [0.4, 0.5) is 0 Å². The van der Waals surface area contributed by atoms with E-state index in [4.69, 9.17) is 12.2 Å². The fourth-order valence-electron chi connectivity index (χ4n) is 0.831. The SMILES string of the molecule is C=C/C=C(NC=S)\C(=C/C)NC.CC. The second-order valence-electron chi connectivity index (χ2n) is 2.03. The van der Waals surface area contributed by atoms with Crippen molar-refractivity contribution in [2.24, 2.45) is 0 Å². The predicted octanol–water partition coefficient (Wildman–Crippen LogP) is 2.75. The molecule has 0 aromatic heterocycles. The van der Waals surface area contributed by atoms with E-state index in [0.29, 0.717) is 0 Å². The Bertz CT molecular complexity index is 217. The number of likely N-dealkylation sites (N-methyl/N-ethyl adjacent to an activating group) is 1. The molecule has 2 N–H and O–H groups in total. The van der Waals surface area contributed by atoms with Crippen molar-refractivity contribution in [1.82, 2.24) is 10.6 Å². The Kier molecular flexibility index (Phi) is 13.1. The van der Waals surface area contributed by atoms with Crippen LogP contribution in [0.15, 0.2) is 36.2 Å². The van der Waals surface area contributed by atoms with E-state index >= 15 is 0 Å². The lowest BCUT2D eigenvalue weighted by Crippen LogP contribution is -2.18. The average Bonchev–Trinajstić information content (AvgIpc) is 2.23. The normalized spacial score (nSPS) is 10.9. The van der Waals surface area contributed by atoms with Gasteiger partial charge >= 0.3 is 0 Å². The summed E-state index contributed by atoms with van der Waals surface area (Å²) in [5, 5.41) is 5.97. The maximum atomic E-state index is 4.69. The number of allylic oxidation sites excluding steroid dienone is 3. The lowest BCUT2D eigenvalue weighted by Gasteiger charge is -2.09. The van der Waals surface area contributed by atoms with Crippen LogP contribution >= 0.6 is 12.2 Å². The Morgan fingerprint density at radius 1 is 1.29 bits per heavy atom. The maximum absolute atomic E-state index is 4.69. The van der Waals surface area contributed by atoms with Crippen molar-refractivity contribution in [3.05, 3.63) is 36.2 Å². The molecule has 0 aromatic rings. The molecule has 0 unspecified atom stereocenters. The first kappa shape index (κ1) is 15.4. The van der Waals surface area contributed by atoms with E-state index in [1.54, 1.807) is 6.08 Å². The van der Waals surface area contributed by atoms with Gasteiger partial charge in [0.25, 0.3) is 0 Å². The average molecular weight is 212 g/mol. The van der Waals surface area contributed by atoms with Crippen LogP contribution in [0.2, 0.25) is 0 Å². The molecule has 0 aliphatic carbocycles. The van der Waals surface area contributed by atoms with E-state index in [1.165, 1.54) is 5.49 Å². The topological polar surface area (TPSA) is 24.1 Å². The summed E-state index contributed by atoms with van der Waals surface area (Å²) in [6.07, 6.45) is 5.53. The third kappa shape index (κ3) is 6.43. The highest BCUT2D eigenvalue weighted by atomic mass is 32.1. The Balaban J connectivity index is 0. The van der Waals surface area contributed by atoms with Crippen LogP contribution in [0, 0.1) is 0 Å². The quantitative estimate of drug-likeness (QED) is 0.541. The Labute approximate surface area is 92.8 Å². The number of hydrogen-bond acceptors (Lipinski definition) is 2. The van der Waals surface area contributed by atoms with Crippen LogP contribution in [0.3, 0.4) is 0 Å². The van der Waals surface area contributed by atoms with Gasteiger partial charge in [-0.15, -0.1) is 0 Å². The number of rotatable bonds is 5. The van der Waals surface area contributed by atoms with Crippen LogP contribution in [0.25, 0.3) is 0 Å². The summed E-state index contributed by atoms with van der Waals surface area (Å²) in [6.45, 7) is 9.57. The Morgan fingerprint density at radius 3 is 2.14 bits per heavy atom. The minimum atomic E-state index is 0.921. The summed E-state index contributed by atoms with van der Waals surface area (Å²) < 4.78 is 0. The molecule has 0 heterocycles. The number of thiocarbonyl (C=S) groups is 1. The molecule has 0 aliphatic heterocycles. The molecule has 0 saturated heterocycles. The smallest absolute Gasteiger partial charge is 0.0659 e. The fraction of sp³-hybridized carbons (Fsp3) is 0.364. The molecule has 0 saturated carbocycles. The van der Waals surface area contributed by atoms with Gasteiger partial charge in [0, 0.05) is 7.05 Å². The van der Waals surface area contributed by atoms with Crippen molar-refractivity contribution in [1.29, 1.82) is 0 Å². The molecule has 0 spiro atoms. The first-order chi connectivity index (χ1) is 6.79. The fourth-order valence-corrected chi connectivity index (χ4v) is 0.958. The minimum Gasteiger partial charge on any atom is -0.387 e. The molecule has 2 nitrogen and oxygen atoms in total. The summed E-state index contributed by atoms with van der Waals surface area (Å²) >= 11 is 4.69. The molecular weight excluding hydrogens is 192 g/mol. The molecule has 0 atom stereocenters. The minimum absolute atomic E-state index is 0.921. The molecule has 0 aromatic carbocycles. The molecule has 0 aliphatic rings. The molecule has 0 bridgehead atoms. The van der Waals surface area contributed by atoms with Crippen molar-refractivity contribution >= 4 is 17.7 Å². The van der Waals surface area contributed by atoms with Gasteiger partial charge in [0.2, 0.25) is 0 Å². The van der Waals surface area contributed by atoms with Crippen molar-refractivity contribution < 1.29 is 0 Å². The lowest BCUT2D eigenvalue weighted by atomic mass is 10.3. The maximum Gasteiger partial charge on any atom is 0.0659 e. The summed E-state index contributed by atoms with van der Waals surface area (Å²) in [6, 6.07) is 0. The van der Waals surface area contributed by atoms with Gasteiger partial charge in [0.15, 0.2) is 0 Å². The third-order valence-corrected chi connectivity index (χ3v) is 1.46. The van der Waals surface area contributed by atoms with Crippen molar-refractivity contribution in [3.8, 4) is 0 Å². The van der Waals surface area contributed by atoms with E-state index in [0.717, 1.165) is 11.4 Å². The zero-order valence-electron chi connectivity index (χ0n) is 9.42. The number of nitrogens with one attached hydrogen (secondary N) is 2. The van der Waals surface area contributed by atoms with Gasteiger partial charge in [-0.25, -0.2) is 0 Å². The molecule has 3 heteroatoms. The molecule has 80 valence electrons. The van der Waals surface area contributed by atoms with Gasteiger partial charge in [0.05, 0.1) is 16.9 Å².